The monoisotopic (exact) mass is 418 g/mol. The van der Waals surface area contributed by atoms with E-state index in [1.54, 1.807) is 12.1 Å². The van der Waals surface area contributed by atoms with Gasteiger partial charge in [0.05, 0.1) is 10.5 Å². The summed E-state index contributed by atoms with van der Waals surface area (Å²) in [5.74, 6) is -1.47. The Bertz CT molecular complexity index is 1030. The van der Waals surface area contributed by atoms with Crippen LogP contribution in [0.25, 0.3) is 0 Å². The molecule has 29 heavy (non-hydrogen) atoms. The number of carbonyl (C=O) groups is 3. The Kier molecular flexibility index (Phi) is 6.89. The third-order valence-electron chi connectivity index (χ3n) is 3.99. The Balaban J connectivity index is 2.12. The Hall–Kier alpha value is -3.04. The number of rotatable bonds is 7. The molecule has 0 heterocycles. The van der Waals surface area contributed by atoms with Crippen molar-refractivity contribution in [3.63, 3.8) is 0 Å². The standard InChI is InChI=1S/C20H22N2O6S/c1-13(19(24)15-8-10-17(11-9-15)21-14(2)23)28-20(25)16-6-5-7-18(12-16)29(26,27)22(3)4/h5-13H,1-4H3,(H,21,23)/t13-/m1/s1. The number of amides is 1. The van der Waals surface area contributed by atoms with Crippen molar-refractivity contribution in [2.75, 3.05) is 19.4 Å². The molecule has 1 amide bonds. The summed E-state index contributed by atoms with van der Waals surface area (Å²) in [7, 11) is -0.930. The fraction of sp³-hybridized carbons (Fsp3) is 0.250. The number of nitrogens with one attached hydrogen (secondary N) is 1. The molecular formula is C20H22N2O6S. The lowest BCUT2D eigenvalue weighted by Gasteiger charge is -2.14. The minimum atomic E-state index is -3.70. The lowest BCUT2D eigenvalue weighted by atomic mass is 10.1. The summed E-state index contributed by atoms with van der Waals surface area (Å²) in [6, 6.07) is 11.6. The van der Waals surface area contributed by atoms with Crippen LogP contribution in [0.1, 0.15) is 34.6 Å². The molecule has 0 aliphatic heterocycles. The molecule has 0 aromatic heterocycles. The summed E-state index contributed by atoms with van der Waals surface area (Å²) in [4.78, 5) is 35.9. The number of ether oxygens (including phenoxy) is 1. The number of hydrogen-bond donors (Lipinski definition) is 1. The van der Waals surface area contributed by atoms with Gasteiger partial charge in [-0.15, -0.1) is 0 Å². The molecule has 0 bridgehead atoms. The molecule has 2 rings (SSSR count). The number of ketones is 1. The van der Waals surface area contributed by atoms with Crippen molar-refractivity contribution < 1.29 is 27.5 Å². The number of Topliss-reactive ketones (excluding diaryl/α,β-unsaturated/α-hetero) is 1. The average Bonchev–Trinajstić information content (AvgIpc) is 2.67. The quantitative estimate of drug-likeness (QED) is 0.546. The molecule has 0 saturated heterocycles. The van der Waals surface area contributed by atoms with Gasteiger partial charge in [-0.2, -0.15) is 0 Å². The average molecular weight is 418 g/mol. The maximum atomic E-state index is 12.5. The van der Waals surface area contributed by atoms with Crippen LogP contribution in [0, 0.1) is 0 Å². The van der Waals surface area contributed by atoms with Crippen LogP contribution in [0.5, 0.6) is 0 Å². The van der Waals surface area contributed by atoms with Crippen molar-refractivity contribution in [1.29, 1.82) is 0 Å². The molecular weight excluding hydrogens is 396 g/mol. The molecule has 0 aliphatic rings. The van der Waals surface area contributed by atoms with Crippen LogP contribution in [0.4, 0.5) is 5.69 Å². The van der Waals surface area contributed by atoms with Crippen molar-refractivity contribution in [2.45, 2.75) is 24.8 Å². The zero-order valence-corrected chi connectivity index (χ0v) is 17.3. The first-order valence-electron chi connectivity index (χ1n) is 8.68. The van der Waals surface area contributed by atoms with Gasteiger partial charge in [-0.1, -0.05) is 6.07 Å². The number of hydrogen-bond acceptors (Lipinski definition) is 6. The molecule has 0 fully saturated rings. The Morgan fingerprint density at radius 1 is 1.00 bits per heavy atom. The van der Waals surface area contributed by atoms with Gasteiger partial charge in [0.25, 0.3) is 0 Å². The smallest absolute Gasteiger partial charge is 0.338 e. The number of esters is 1. The van der Waals surface area contributed by atoms with E-state index in [1.807, 2.05) is 0 Å². The van der Waals surface area contributed by atoms with Gasteiger partial charge in [0.2, 0.25) is 21.7 Å². The van der Waals surface area contributed by atoms with Crippen LogP contribution in [0.2, 0.25) is 0 Å². The van der Waals surface area contributed by atoms with E-state index in [0.29, 0.717) is 11.3 Å². The van der Waals surface area contributed by atoms with Crippen molar-refractivity contribution >= 4 is 33.4 Å². The summed E-state index contributed by atoms with van der Waals surface area (Å²) >= 11 is 0. The molecule has 1 N–H and O–H groups in total. The highest BCUT2D eigenvalue weighted by molar-refractivity contribution is 7.89. The highest BCUT2D eigenvalue weighted by atomic mass is 32.2. The zero-order valence-electron chi connectivity index (χ0n) is 16.5. The predicted octanol–water partition coefficient (Wildman–Crippen LogP) is 2.32. The third kappa shape index (κ3) is 5.49. The Morgan fingerprint density at radius 3 is 2.17 bits per heavy atom. The molecule has 1 atom stereocenters. The van der Waals surface area contributed by atoms with Gasteiger partial charge in [-0.05, 0) is 49.4 Å². The zero-order chi connectivity index (χ0) is 21.8. The van der Waals surface area contributed by atoms with E-state index < -0.39 is 27.9 Å². The Labute approximate surface area is 169 Å². The summed E-state index contributed by atoms with van der Waals surface area (Å²) in [6.45, 7) is 2.81. The second-order valence-electron chi connectivity index (χ2n) is 6.49. The first-order valence-corrected chi connectivity index (χ1v) is 10.1. The van der Waals surface area contributed by atoms with Crippen LogP contribution >= 0.6 is 0 Å². The first-order chi connectivity index (χ1) is 13.5. The Morgan fingerprint density at radius 2 is 1.62 bits per heavy atom. The summed E-state index contributed by atoms with van der Waals surface area (Å²) in [5, 5.41) is 2.59. The minimum absolute atomic E-state index is 0.0218. The van der Waals surface area contributed by atoms with Gasteiger partial charge in [0.1, 0.15) is 0 Å². The summed E-state index contributed by atoms with van der Waals surface area (Å²) in [5.41, 5.74) is 0.870. The maximum absolute atomic E-state index is 12.5. The van der Waals surface area contributed by atoms with E-state index >= 15 is 0 Å². The lowest BCUT2D eigenvalue weighted by molar-refractivity contribution is -0.114. The van der Waals surface area contributed by atoms with Crippen LogP contribution in [0.3, 0.4) is 0 Å². The molecule has 8 nitrogen and oxygen atoms in total. The van der Waals surface area contributed by atoms with E-state index in [-0.39, 0.29) is 16.4 Å². The largest absolute Gasteiger partial charge is 0.451 e. The van der Waals surface area contributed by atoms with E-state index in [2.05, 4.69) is 5.32 Å². The van der Waals surface area contributed by atoms with Crippen molar-refractivity contribution in [3.8, 4) is 0 Å². The summed E-state index contributed by atoms with van der Waals surface area (Å²) < 4.78 is 30.7. The number of nitrogens with zero attached hydrogens (tertiary/aromatic N) is 1. The molecule has 0 aliphatic carbocycles. The molecule has 2 aromatic rings. The van der Waals surface area contributed by atoms with Gasteiger partial charge in [-0.25, -0.2) is 17.5 Å². The fourth-order valence-corrected chi connectivity index (χ4v) is 3.38. The molecule has 0 radical (unpaired) electrons. The van der Waals surface area contributed by atoms with E-state index in [1.165, 1.54) is 64.3 Å². The predicted molar refractivity (Wildman–Crippen MR) is 107 cm³/mol. The van der Waals surface area contributed by atoms with Gasteiger partial charge < -0.3 is 10.1 Å². The van der Waals surface area contributed by atoms with Crippen molar-refractivity contribution in [3.05, 3.63) is 59.7 Å². The molecule has 0 spiro atoms. The lowest BCUT2D eigenvalue weighted by Crippen LogP contribution is -2.25. The van der Waals surface area contributed by atoms with Crippen LogP contribution < -0.4 is 5.32 Å². The highest BCUT2D eigenvalue weighted by Crippen LogP contribution is 2.17. The van der Waals surface area contributed by atoms with Gasteiger partial charge >= 0.3 is 5.97 Å². The van der Waals surface area contributed by atoms with E-state index in [9.17, 15) is 22.8 Å². The maximum Gasteiger partial charge on any atom is 0.338 e. The van der Waals surface area contributed by atoms with Crippen molar-refractivity contribution in [1.82, 2.24) is 4.31 Å². The number of anilines is 1. The second kappa shape index (κ2) is 8.97. The third-order valence-corrected chi connectivity index (χ3v) is 5.80. The van der Waals surface area contributed by atoms with Crippen LogP contribution in [-0.4, -0.2) is 50.6 Å². The highest BCUT2D eigenvalue weighted by Gasteiger charge is 2.23. The SMILES string of the molecule is CC(=O)Nc1ccc(C(=O)[C@@H](C)OC(=O)c2cccc(S(=O)(=O)N(C)C)c2)cc1. The molecule has 2 aromatic carbocycles. The topological polar surface area (TPSA) is 110 Å². The van der Waals surface area contributed by atoms with Gasteiger partial charge in [0.15, 0.2) is 6.10 Å². The number of benzene rings is 2. The van der Waals surface area contributed by atoms with Crippen LogP contribution in [-0.2, 0) is 19.6 Å². The summed E-state index contributed by atoms with van der Waals surface area (Å²) in [6.07, 6.45) is -1.08. The van der Waals surface area contributed by atoms with Gasteiger partial charge in [-0.3, -0.25) is 9.59 Å². The molecule has 154 valence electrons. The second-order valence-corrected chi connectivity index (χ2v) is 8.64. The van der Waals surface area contributed by atoms with Gasteiger partial charge in [0, 0.05) is 32.3 Å². The minimum Gasteiger partial charge on any atom is -0.451 e. The first kappa shape index (κ1) is 22.3. The number of carbonyl (C=O) groups excluding carboxylic acids is 3. The molecule has 0 saturated carbocycles. The normalized spacial score (nSPS) is 12.3. The molecule has 0 unspecified atom stereocenters. The van der Waals surface area contributed by atoms with Crippen molar-refractivity contribution in [2.24, 2.45) is 0 Å². The fourth-order valence-electron chi connectivity index (χ4n) is 2.43. The molecule has 9 heteroatoms. The number of sulfonamides is 1. The van der Waals surface area contributed by atoms with E-state index in [0.717, 1.165) is 4.31 Å². The van der Waals surface area contributed by atoms with E-state index in [4.69, 9.17) is 4.74 Å². The van der Waals surface area contributed by atoms with Crippen LogP contribution in [0.15, 0.2) is 53.4 Å².